The molecule has 0 spiro atoms. The molecule has 1 rings (SSSR count). The summed E-state index contributed by atoms with van der Waals surface area (Å²) in [6, 6.07) is 4.18. The zero-order valence-corrected chi connectivity index (χ0v) is 9.46. The van der Waals surface area contributed by atoms with Crippen LogP contribution in [0.2, 0.25) is 0 Å². The van der Waals surface area contributed by atoms with Crippen molar-refractivity contribution >= 4 is 5.97 Å². The highest BCUT2D eigenvalue weighted by Gasteiger charge is 2.22. The SMILES string of the molecule is CCOC(=O)c1c(C)cc(C#N)cc1C(F)F. The van der Waals surface area contributed by atoms with Crippen molar-refractivity contribution in [3.05, 3.63) is 34.4 Å². The highest BCUT2D eigenvalue weighted by Crippen LogP contribution is 2.27. The van der Waals surface area contributed by atoms with E-state index < -0.39 is 18.0 Å². The summed E-state index contributed by atoms with van der Waals surface area (Å²) < 4.78 is 30.3. The number of benzene rings is 1. The van der Waals surface area contributed by atoms with E-state index in [2.05, 4.69) is 0 Å². The summed E-state index contributed by atoms with van der Waals surface area (Å²) >= 11 is 0. The lowest BCUT2D eigenvalue weighted by Crippen LogP contribution is -2.11. The van der Waals surface area contributed by atoms with Crippen LogP contribution in [0.4, 0.5) is 8.78 Å². The predicted molar refractivity (Wildman–Crippen MR) is 56.8 cm³/mol. The second-order valence-corrected chi connectivity index (χ2v) is 3.39. The number of halogens is 2. The maximum absolute atomic E-state index is 12.8. The minimum atomic E-state index is -2.82. The minimum absolute atomic E-state index is 0.103. The van der Waals surface area contributed by atoms with Crippen molar-refractivity contribution < 1.29 is 18.3 Å². The van der Waals surface area contributed by atoms with Crippen molar-refractivity contribution in [3.8, 4) is 6.07 Å². The molecule has 1 aromatic rings. The average Bonchev–Trinajstić information content (AvgIpc) is 2.27. The largest absolute Gasteiger partial charge is 0.462 e. The van der Waals surface area contributed by atoms with E-state index in [1.54, 1.807) is 13.0 Å². The smallest absolute Gasteiger partial charge is 0.338 e. The monoisotopic (exact) mass is 239 g/mol. The Balaban J connectivity index is 3.37. The lowest BCUT2D eigenvalue weighted by Gasteiger charge is -2.11. The van der Waals surface area contributed by atoms with Gasteiger partial charge >= 0.3 is 5.97 Å². The van der Waals surface area contributed by atoms with Gasteiger partial charge in [0.2, 0.25) is 0 Å². The van der Waals surface area contributed by atoms with E-state index in [9.17, 15) is 13.6 Å². The van der Waals surface area contributed by atoms with Crippen molar-refractivity contribution in [2.24, 2.45) is 0 Å². The van der Waals surface area contributed by atoms with Gasteiger partial charge < -0.3 is 4.74 Å². The Morgan fingerprint density at radius 3 is 2.65 bits per heavy atom. The Kier molecular flexibility index (Phi) is 4.16. The predicted octanol–water partition coefficient (Wildman–Crippen LogP) is 2.98. The first-order chi connectivity index (χ1) is 8.01. The van der Waals surface area contributed by atoms with Crippen molar-refractivity contribution in [2.75, 3.05) is 6.61 Å². The molecule has 0 saturated carbocycles. The summed E-state index contributed by atoms with van der Waals surface area (Å²) in [5, 5.41) is 8.69. The third kappa shape index (κ3) is 2.78. The van der Waals surface area contributed by atoms with Crippen LogP contribution in [-0.2, 0) is 4.74 Å². The number of hydrogen-bond acceptors (Lipinski definition) is 3. The molecule has 3 nitrogen and oxygen atoms in total. The van der Waals surface area contributed by atoms with Gasteiger partial charge in [0.1, 0.15) is 0 Å². The third-order valence-corrected chi connectivity index (χ3v) is 2.21. The van der Waals surface area contributed by atoms with E-state index in [1.165, 1.54) is 13.0 Å². The highest BCUT2D eigenvalue weighted by molar-refractivity contribution is 5.93. The molecule has 0 unspecified atom stereocenters. The Bertz CT molecular complexity index is 478. The molecule has 0 aliphatic carbocycles. The van der Waals surface area contributed by atoms with Crippen LogP contribution in [0.15, 0.2) is 12.1 Å². The molecule has 5 heteroatoms. The molecule has 0 radical (unpaired) electrons. The fourth-order valence-electron chi connectivity index (χ4n) is 1.53. The number of carbonyl (C=O) groups is 1. The van der Waals surface area contributed by atoms with Crippen LogP contribution in [0.1, 0.15) is 40.4 Å². The standard InChI is InChI=1S/C12H11F2NO2/c1-3-17-12(16)10-7(2)4-8(6-15)5-9(10)11(13)14/h4-5,11H,3H2,1-2H3. The summed E-state index contributed by atoms with van der Waals surface area (Å²) in [5.74, 6) is -0.787. The zero-order chi connectivity index (χ0) is 13.0. The number of aryl methyl sites for hydroxylation is 1. The van der Waals surface area contributed by atoms with Gasteiger partial charge in [0.25, 0.3) is 6.43 Å². The number of esters is 1. The highest BCUT2D eigenvalue weighted by atomic mass is 19.3. The van der Waals surface area contributed by atoms with Crippen LogP contribution in [0.5, 0.6) is 0 Å². The normalized spacial score (nSPS) is 10.1. The van der Waals surface area contributed by atoms with Crippen molar-refractivity contribution in [2.45, 2.75) is 20.3 Å². The third-order valence-electron chi connectivity index (χ3n) is 2.21. The first-order valence-electron chi connectivity index (χ1n) is 5.01. The quantitative estimate of drug-likeness (QED) is 0.762. The van der Waals surface area contributed by atoms with Gasteiger partial charge in [0.15, 0.2) is 0 Å². The average molecular weight is 239 g/mol. The Hall–Kier alpha value is -1.96. The lowest BCUT2D eigenvalue weighted by atomic mass is 9.99. The van der Waals surface area contributed by atoms with Gasteiger partial charge in [-0.05, 0) is 31.5 Å². The molecule has 90 valence electrons. The molecule has 0 atom stereocenters. The van der Waals surface area contributed by atoms with Crippen LogP contribution in [-0.4, -0.2) is 12.6 Å². The second kappa shape index (κ2) is 5.39. The van der Waals surface area contributed by atoms with Gasteiger partial charge in [0, 0.05) is 5.56 Å². The number of nitriles is 1. The molecule has 17 heavy (non-hydrogen) atoms. The number of hydrogen-bond donors (Lipinski definition) is 0. The van der Waals surface area contributed by atoms with Crippen LogP contribution >= 0.6 is 0 Å². The van der Waals surface area contributed by atoms with Gasteiger partial charge in [-0.25, -0.2) is 13.6 Å². The second-order valence-electron chi connectivity index (χ2n) is 3.39. The fourth-order valence-corrected chi connectivity index (χ4v) is 1.53. The maximum Gasteiger partial charge on any atom is 0.338 e. The molecular weight excluding hydrogens is 228 g/mol. The van der Waals surface area contributed by atoms with E-state index in [-0.39, 0.29) is 17.7 Å². The van der Waals surface area contributed by atoms with Crippen molar-refractivity contribution in [1.29, 1.82) is 5.26 Å². The molecule has 0 aliphatic heterocycles. The van der Waals surface area contributed by atoms with Gasteiger partial charge in [-0.3, -0.25) is 0 Å². The first kappa shape index (κ1) is 13.1. The summed E-state index contributed by atoms with van der Waals surface area (Å²) in [5.41, 5.74) is -0.190. The summed E-state index contributed by atoms with van der Waals surface area (Å²) in [4.78, 5) is 11.6. The molecule has 0 amide bonds. The van der Waals surface area contributed by atoms with Gasteiger partial charge in [-0.2, -0.15) is 5.26 Å². The van der Waals surface area contributed by atoms with E-state index in [0.717, 1.165) is 6.07 Å². The Labute approximate surface area is 97.6 Å². The van der Waals surface area contributed by atoms with Crippen molar-refractivity contribution in [3.63, 3.8) is 0 Å². The van der Waals surface area contributed by atoms with E-state index in [0.29, 0.717) is 5.56 Å². The van der Waals surface area contributed by atoms with E-state index in [1.807, 2.05) is 0 Å². The van der Waals surface area contributed by atoms with Gasteiger partial charge in [0.05, 0.1) is 23.8 Å². The topological polar surface area (TPSA) is 50.1 Å². The number of carbonyl (C=O) groups excluding carboxylic acids is 1. The van der Waals surface area contributed by atoms with Crippen LogP contribution in [0.3, 0.4) is 0 Å². The minimum Gasteiger partial charge on any atom is -0.462 e. The Morgan fingerprint density at radius 1 is 1.53 bits per heavy atom. The number of rotatable bonds is 3. The number of ether oxygens (including phenoxy) is 1. The molecule has 0 N–H and O–H groups in total. The van der Waals surface area contributed by atoms with Gasteiger partial charge in [-0.15, -0.1) is 0 Å². The summed E-state index contributed by atoms with van der Waals surface area (Å²) in [6.07, 6.45) is -2.82. The molecule has 0 aromatic heterocycles. The van der Waals surface area contributed by atoms with Crippen LogP contribution in [0.25, 0.3) is 0 Å². The summed E-state index contributed by atoms with van der Waals surface area (Å²) in [7, 11) is 0. The first-order valence-corrected chi connectivity index (χ1v) is 5.01. The number of alkyl halides is 2. The molecule has 1 aromatic carbocycles. The Morgan fingerprint density at radius 2 is 2.18 bits per heavy atom. The molecule has 0 heterocycles. The van der Waals surface area contributed by atoms with Crippen LogP contribution in [0, 0.1) is 18.3 Å². The molecule has 0 bridgehead atoms. The molecular formula is C12H11F2NO2. The van der Waals surface area contributed by atoms with Crippen molar-refractivity contribution in [1.82, 2.24) is 0 Å². The number of nitrogens with zero attached hydrogens (tertiary/aromatic N) is 1. The lowest BCUT2D eigenvalue weighted by molar-refractivity contribution is 0.0514. The summed E-state index contributed by atoms with van der Waals surface area (Å²) in [6.45, 7) is 3.21. The molecule has 0 saturated heterocycles. The maximum atomic E-state index is 12.8. The van der Waals surface area contributed by atoms with Crippen LogP contribution < -0.4 is 0 Å². The van der Waals surface area contributed by atoms with E-state index in [4.69, 9.17) is 10.00 Å². The molecule has 0 fully saturated rings. The van der Waals surface area contributed by atoms with Gasteiger partial charge in [-0.1, -0.05) is 0 Å². The van der Waals surface area contributed by atoms with E-state index >= 15 is 0 Å². The fraction of sp³-hybridized carbons (Fsp3) is 0.333. The zero-order valence-electron chi connectivity index (χ0n) is 9.46. The molecule has 0 aliphatic rings.